The number of carbonyl (C=O) groups is 2. The zero-order valence-corrected chi connectivity index (χ0v) is 16.4. The summed E-state index contributed by atoms with van der Waals surface area (Å²) in [4.78, 5) is 27.7. The molecule has 6 nitrogen and oxygen atoms in total. The van der Waals surface area contributed by atoms with Crippen LogP contribution in [0.4, 0.5) is 4.79 Å². The topological polar surface area (TPSA) is 59.1 Å². The number of hydrogen-bond acceptors (Lipinski definition) is 4. The van der Waals surface area contributed by atoms with Crippen molar-refractivity contribution in [2.75, 3.05) is 33.3 Å². The van der Waals surface area contributed by atoms with E-state index >= 15 is 0 Å². The standard InChI is InChI=1S/C20H30N2O4/c1-15(26-17-9-7-16(8-10-17)20(2,3)4)18(23)21-11-6-12-22(14-13-21)19(24)25-5/h7-10,15H,6,11-14H2,1-5H3. The van der Waals surface area contributed by atoms with Gasteiger partial charge in [0, 0.05) is 26.2 Å². The molecule has 1 aliphatic rings. The lowest BCUT2D eigenvalue weighted by molar-refractivity contribution is -0.137. The van der Waals surface area contributed by atoms with Crippen molar-refractivity contribution in [1.29, 1.82) is 0 Å². The third-order valence-corrected chi connectivity index (χ3v) is 4.62. The average Bonchev–Trinajstić information content (AvgIpc) is 2.86. The molecule has 144 valence electrons. The summed E-state index contributed by atoms with van der Waals surface area (Å²) in [5, 5.41) is 0. The summed E-state index contributed by atoms with van der Waals surface area (Å²) >= 11 is 0. The van der Waals surface area contributed by atoms with Crippen molar-refractivity contribution in [3.63, 3.8) is 0 Å². The number of benzene rings is 1. The van der Waals surface area contributed by atoms with E-state index in [2.05, 4.69) is 20.8 Å². The van der Waals surface area contributed by atoms with Crippen molar-refractivity contribution in [3.05, 3.63) is 29.8 Å². The predicted octanol–water partition coefficient (Wildman–Crippen LogP) is 3.05. The van der Waals surface area contributed by atoms with Gasteiger partial charge in [-0.15, -0.1) is 0 Å². The van der Waals surface area contributed by atoms with E-state index in [1.165, 1.54) is 12.7 Å². The molecule has 1 unspecified atom stereocenters. The van der Waals surface area contributed by atoms with Gasteiger partial charge in [0.1, 0.15) is 5.75 Å². The summed E-state index contributed by atoms with van der Waals surface area (Å²) in [7, 11) is 1.37. The van der Waals surface area contributed by atoms with Crippen LogP contribution in [0, 0.1) is 0 Å². The summed E-state index contributed by atoms with van der Waals surface area (Å²) in [5.74, 6) is 0.626. The van der Waals surface area contributed by atoms with Crippen LogP contribution in [-0.4, -0.2) is 61.2 Å². The molecular formula is C20H30N2O4. The molecule has 1 aromatic rings. The van der Waals surface area contributed by atoms with E-state index in [0.717, 1.165) is 6.42 Å². The second kappa shape index (κ2) is 8.43. The maximum Gasteiger partial charge on any atom is 0.409 e. The molecular weight excluding hydrogens is 332 g/mol. The maximum absolute atomic E-state index is 12.7. The third-order valence-electron chi connectivity index (χ3n) is 4.62. The fourth-order valence-electron chi connectivity index (χ4n) is 2.99. The first kappa shape index (κ1) is 20.1. The fourth-order valence-corrected chi connectivity index (χ4v) is 2.99. The molecule has 0 aromatic heterocycles. The molecule has 0 saturated carbocycles. The summed E-state index contributed by atoms with van der Waals surface area (Å²) in [5.41, 5.74) is 1.30. The molecule has 1 aliphatic heterocycles. The van der Waals surface area contributed by atoms with E-state index < -0.39 is 6.10 Å². The van der Waals surface area contributed by atoms with E-state index in [4.69, 9.17) is 9.47 Å². The SMILES string of the molecule is COC(=O)N1CCCN(C(=O)C(C)Oc2ccc(C(C)(C)C)cc2)CC1. The van der Waals surface area contributed by atoms with Crippen molar-refractivity contribution in [1.82, 2.24) is 9.80 Å². The first-order valence-corrected chi connectivity index (χ1v) is 9.11. The minimum atomic E-state index is -0.569. The summed E-state index contributed by atoms with van der Waals surface area (Å²) in [6.07, 6.45) is -0.184. The number of ether oxygens (including phenoxy) is 2. The van der Waals surface area contributed by atoms with Crippen molar-refractivity contribution in [2.24, 2.45) is 0 Å². The van der Waals surface area contributed by atoms with Crippen LogP contribution < -0.4 is 4.74 Å². The van der Waals surface area contributed by atoms with Crippen LogP contribution in [0.5, 0.6) is 5.75 Å². The van der Waals surface area contributed by atoms with E-state index in [-0.39, 0.29) is 17.4 Å². The Morgan fingerprint density at radius 1 is 1.00 bits per heavy atom. The van der Waals surface area contributed by atoms with Gasteiger partial charge in [-0.1, -0.05) is 32.9 Å². The smallest absolute Gasteiger partial charge is 0.409 e. The van der Waals surface area contributed by atoms with Crippen molar-refractivity contribution >= 4 is 12.0 Å². The normalized spacial score (nSPS) is 16.7. The largest absolute Gasteiger partial charge is 0.481 e. The quantitative estimate of drug-likeness (QED) is 0.829. The van der Waals surface area contributed by atoms with Crippen molar-refractivity contribution in [2.45, 2.75) is 45.6 Å². The van der Waals surface area contributed by atoms with Gasteiger partial charge in [-0.3, -0.25) is 4.79 Å². The van der Waals surface area contributed by atoms with Crippen LogP contribution in [0.1, 0.15) is 39.7 Å². The zero-order chi connectivity index (χ0) is 19.3. The van der Waals surface area contributed by atoms with E-state index in [9.17, 15) is 9.59 Å². The van der Waals surface area contributed by atoms with Crippen molar-refractivity contribution in [3.8, 4) is 5.75 Å². The molecule has 2 rings (SSSR count). The van der Waals surface area contributed by atoms with Gasteiger partial charge in [0.25, 0.3) is 5.91 Å². The summed E-state index contributed by atoms with van der Waals surface area (Å²) < 4.78 is 10.6. The summed E-state index contributed by atoms with van der Waals surface area (Å²) in [6, 6.07) is 7.89. The Bertz CT molecular complexity index is 622. The monoisotopic (exact) mass is 362 g/mol. The molecule has 0 spiro atoms. The molecule has 1 heterocycles. The first-order valence-electron chi connectivity index (χ1n) is 9.11. The molecule has 1 aromatic carbocycles. The molecule has 1 saturated heterocycles. The van der Waals surface area contributed by atoms with Gasteiger partial charge in [0.05, 0.1) is 7.11 Å². The van der Waals surface area contributed by atoms with Gasteiger partial charge in [0.2, 0.25) is 0 Å². The highest BCUT2D eigenvalue weighted by atomic mass is 16.5. The lowest BCUT2D eigenvalue weighted by Crippen LogP contribution is -2.43. The minimum absolute atomic E-state index is 0.0587. The number of hydrogen-bond donors (Lipinski definition) is 0. The van der Waals surface area contributed by atoms with Crippen LogP contribution in [0.25, 0.3) is 0 Å². The molecule has 0 bridgehead atoms. The highest BCUT2D eigenvalue weighted by Crippen LogP contribution is 2.24. The Kier molecular flexibility index (Phi) is 6.51. The first-order chi connectivity index (χ1) is 12.2. The van der Waals surface area contributed by atoms with Gasteiger partial charge in [-0.05, 0) is 36.5 Å². The number of methoxy groups -OCH3 is 1. The molecule has 0 radical (unpaired) electrons. The van der Waals surface area contributed by atoms with Crippen LogP contribution in [0.15, 0.2) is 24.3 Å². The number of rotatable bonds is 3. The second-order valence-electron chi connectivity index (χ2n) is 7.67. The van der Waals surface area contributed by atoms with Crippen LogP contribution in [0.3, 0.4) is 0 Å². The lowest BCUT2D eigenvalue weighted by atomic mass is 9.87. The van der Waals surface area contributed by atoms with E-state index in [0.29, 0.717) is 31.9 Å². The van der Waals surface area contributed by atoms with Gasteiger partial charge in [-0.25, -0.2) is 4.79 Å². The second-order valence-corrected chi connectivity index (χ2v) is 7.67. The van der Waals surface area contributed by atoms with Gasteiger partial charge < -0.3 is 19.3 Å². The van der Waals surface area contributed by atoms with Gasteiger partial charge in [-0.2, -0.15) is 0 Å². The van der Waals surface area contributed by atoms with Crippen LogP contribution in [-0.2, 0) is 14.9 Å². The van der Waals surface area contributed by atoms with Crippen molar-refractivity contribution < 1.29 is 19.1 Å². The molecule has 1 fully saturated rings. The molecule has 6 heteroatoms. The Morgan fingerprint density at radius 2 is 1.58 bits per heavy atom. The van der Waals surface area contributed by atoms with E-state index in [1.807, 2.05) is 24.3 Å². The number of amides is 2. The fraction of sp³-hybridized carbons (Fsp3) is 0.600. The highest BCUT2D eigenvalue weighted by Gasteiger charge is 2.26. The summed E-state index contributed by atoms with van der Waals surface area (Å²) in [6.45, 7) is 10.4. The average molecular weight is 362 g/mol. The Morgan fingerprint density at radius 3 is 2.15 bits per heavy atom. The molecule has 26 heavy (non-hydrogen) atoms. The van der Waals surface area contributed by atoms with Gasteiger partial charge >= 0.3 is 6.09 Å². The zero-order valence-electron chi connectivity index (χ0n) is 16.4. The minimum Gasteiger partial charge on any atom is -0.481 e. The molecule has 0 aliphatic carbocycles. The Balaban J connectivity index is 1.93. The molecule has 1 atom stereocenters. The maximum atomic E-state index is 12.7. The number of carbonyl (C=O) groups excluding carboxylic acids is 2. The number of nitrogens with zero attached hydrogens (tertiary/aromatic N) is 2. The Labute approximate surface area is 156 Å². The Hall–Kier alpha value is -2.24. The van der Waals surface area contributed by atoms with Gasteiger partial charge in [0.15, 0.2) is 6.10 Å². The van der Waals surface area contributed by atoms with Crippen LogP contribution in [0.2, 0.25) is 0 Å². The molecule has 2 amide bonds. The van der Waals surface area contributed by atoms with Crippen LogP contribution >= 0.6 is 0 Å². The predicted molar refractivity (Wildman–Crippen MR) is 100 cm³/mol. The lowest BCUT2D eigenvalue weighted by Gasteiger charge is -2.25. The molecule has 0 N–H and O–H groups in total. The highest BCUT2D eigenvalue weighted by molar-refractivity contribution is 5.81. The third kappa shape index (κ3) is 5.13. The van der Waals surface area contributed by atoms with E-state index in [1.54, 1.807) is 16.7 Å².